The molecule has 0 bridgehead atoms. The third-order valence-electron chi connectivity index (χ3n) is 4.08. The molecule has 0 aromatic rings. The SMILES string of the molecule is CC#CC#CC#CC#CC#CC#CNC(C)=O.CCCCCCCCCC(=O)O[C@@H](COCO)COP(=O)([O-])[O-].[HH].[HH].[HH].[HH].[HH].[HH].[HH].[HH].[HH].[HH].[HH].[Na+].[Na+]. The van der Waals surface area contributed by atoms with Crippen LogP contribution in [0.2, 0.25) is 0 Å². The van der Waals surface area contributed by atoms with Crippen LogP contribution in [-0.4, -0.2) is 43.1 Å². The third kappa shape index (κ3) is 42.8. The smallest absolute Gasteiger partial charge is 0.790 e. The van der Waals surface area contributed by atoms with Crippen molar-refractivity contribution in [1.29, 1.82) is 0 Å². The molecule has 0 rings (SSSR count). The van der Waals surface area contributed by atoms with Gasteiger partial charge < -0.3 is 33.5 Å². The maximum atomic E-state index is 11.7. The zero-order valence-corrected chi connectivity index (χ0v) is 29.9. The van der Waals surface area contributed by atoms with Gasteiger partial charge in [-0.05, 0) is 42.9 Å². The van der Waals surface area contributed by atoms with Gasteiger partial charge in [-0.25, -0.2) is 0 Å². The number of aliphatic hydroxyl groups excluding tert-OH is 1. The van der Waals surface area contributed by atoms with Gasteiger partial charge in [0.15, 0.2) is 0 Å². The molecule has 42 heavy (non-hydrogen) atoms. The van der Waals surface area contributed by atoms with Crippen LogP contribution in [0.1, 0.15) is 87.8 Å². The van der Waals surface area contributed by atoms with E-state index in [2.05, 4.69) is 92.7 Å². The molecule has 0 radical (unpaired) electrons. The minimum absolute atomic E-state index is 0. The van der Waals surface area contributed by atoms with Crippen molar-refractivity contribution in [2.45, 2.75) is 78.2 Å². The number of phosphoric ester groups is 1. The molecule has 0 aliphatic heterocycles. The summed E-state index contributed by atoms with van der Waals surface area (Å²) in [6.07, 6.45) is 6.57. The summed E-state index contributed by atoms with van der Waals surface area (Å²) < 4.78 is 24.2. The first-order valence-corrected chi connectivity index (χ1v) is 13.8. The Morgan fingerprint density at radius 3 is 1.83 bits per heavy atom. The van der Waals surface area contributed by atoms with Gasteiger partial charge in [-0.15, -0.1) is 0 Å². The fraction of sp³-hybridized carbons (Fsp3) is 0.517. The van der Waals surface area contributed by atoms with Crippen molar-refractivity contribution in [3.63, 3.8) is 0 Å². The van der Waals surface area contributed by atoms with E-state index >= 15 is 0 Å². The Morgan fingerprint density at radius 1 is 0.857 bits per heavy atom. The average Bonchev–Trinajstić information content (AvgIpc) is 2.90. The summed E-state index contributed by atoms with van der Waals surface area (Å²) in [5, 5.41) is 10.8. The first-order chi connectivity index (χ1) is 19.2. The molecule has 238 valence electrons. The van der Waals surface area contributed by atoms with Crippen LogP contribution in [0.3, 0.4) is 0 Å². The van der Waals surface area contributed by atoms with E-state index in [1.807, 2.05) is 0 Å². The normalized spacial score (nSPS) is 9.10. The van der Waals surface area contributed by atoms with E-state index in [0.717, 1.165) is 19.3 Å². The summed E-state index contributed by atoms with van der Waals surface area (Å²) in [6.45, 7) is 3.72. The first kappa shape index (κ1) is 47.3. The number of carbonyl (C=O) groups excluding carboxylic acids is 2. The number of amides is 1. The zero-order valence-electron chi connectivity index (χ0n) is 25.0. The second-order valence-corrected chi connectivity index (χ2v) is 8.68. The number of unbranched alkanes of at least 4 members (excludes halogenated alkanes) is 6. The van der Waals surface area contributed by atoms with Crippen molar-refractivity contribution in [3.8, 4) is 71.2 Å². The van der Waals surface area contributed by atoms with Crippen LogP contribution in [0, 0.1) is 71.2 Å². The molecule has 2 N–H and O–H groups in total. The van der Waals surface area contributed by atoms with Crippen molar-refractivity contribution in [2.24, 2.45) is 0 Å². The summed E-state index contributed by atoms with van der Waals surface area (Å²) in [5.41, 5.74) is 0. The van der Waals surface area contributed by atoms with Gasteiger partial charge in [0.25, 0.3) is 0 Å². The van der Waals surface area contributed by atoms with E-state index in [4.69, 9.17) is 9.84 Å². The van der Waals surface area contributed by atoms with Gasteiger partial charge in [0.05, 0.1) is 21.0 Å². The molecule has 0 fully saturated rings. The number of rotatable bonds is 15. The molecular weight excluding hydrogens is 583 g/mol. The van der Waals surface area contributed by atoms with Crippen LogP contribution in [0.5, 0.6) is 0 Å². The van der Waals surface area contributed by atoms with Crippen molar-refractivity contribution in [2.75, 3.05) is 20.0 Å². The summed E-state index contributed by atoms with van der Waals surface area (Å²) in [4.78, 5) is 42.9. The first-order valence-electron chi connectivity index (χ1n) is 12.4. The van der Waals surface area contributed by atoms with Crippen molar-refractivity contribution in [3.05, 3.63) is 0 Å². The Morgan fingerprint density at radius 2 is 1.36 bits per heavy atom. The Labute approximate surface area is 310 Å². The second-order valence-electron chi connectivity index (χ2n) is 7.53. The number of phosphoric acid groups is 1. The Hall–Kier alpha value is -1.67. The van der Waals surface area contributed by atoms with Gasteiger partial charge >= 0.3 is 65.1 Å². The third-order valence-corrected chi connectivity index (χ3v) is 4.55. The number of aliphatic hydroxyl groups is 1. The van der Waals surface area contributed by atoms with E-state index in [1.165, 1.54) is 26.2 Å². The fourth-order valence-electron chi connectivity index (χ4n) is 2.41. The molecule has 13 heteroatoms. The van der Waals surface area contributed by atoms with E-state index in [1.54, 1.807) is 6.92 Å². The van der Waals surface area contributed by atoms with E-state index < -0.39 is 33.3 Å². The summed E-state index contributed by atoms with van der Waals surface area (Å²) in [7, 11) is -5.14. The summed E-state index contributed by atoms with van der Waals surface area (Å²) in [6, 6.07) is 2.35. The monoisotopic (exact) mass is 639 g/mol. The fourth-order valence-corrected chi connectivity index (χ4v) is 2.76. The van der Waals surface area contributed by atoms with Crippen LogP contribution in [0.25, 0.3) is 0 Å². The summed E-state index contributed by atoms with van der Waals surface area (Å²) >= 11 is 0. The standard InChI is InChI=1S/C15H7NO.C14H29O8P.2Na.11H2/c1-3-4-5-6-7-8-9-10-11-12-13-14-16-15(2)17;1-2-3-4-5-6-7-8-9-14(16)22-13(10-20-12-15)11-21-23(17,18)19;;;;;;;;;;;;;/h1-2H3,(H,16,17);13,15H,2-12H2,1H3,(H2,17,18,19);;;11*1H/q;;2*+1;;;;;;;;;;;/p-2/t;13-;;;;;;;;;;;;;/m.0............./s1. The van der Waals surface area contributed by atoms with Crippen LogP contribution >= 0.6 is 7.82 Å². The largest absolute Gasteiger partial charge is 1.00 e. The Bertz CT molecular complexity index is 1220. The Balaban J connectivity index is -0.0000000344. The van der Waals surface area contributed by atoms with E-state index in [-0.39, 0.29) is 93.7 Å². The number of hydrogen-bond acceptors (Lipinski definition) is 9. The Kier molecular flexibility index (Phi) is 40.0. The molecule has 0 aliphatic rings. The predicted octanol–water partition coefficient (Wildman–Crippen LogP) is -2.32. The van der Waals surface area contributed by atoms with Crippen molar-refractivity contribution >= 4 is 19.7 Å². The second kappa shape index (κ2) is 35.5. The quantitative estimate of drug-likeness (QED) is 0.0382. The number of hydrogen-bond donors (Lipinski definition) is 2. The number of esters is 1. The minimum Gasteiger partial charge on any atom is -0.790 e. The number of carbonyl (C=O) groups is 2. The predicted molar refractivity (Wildman–Crippen MR) is 168 cm³/mol. The molecule has 1 atom stereocenters. The molecule has 0 unspecified atom stereocenters. The van der Waals surface area contributed by atoms with Gasteiger partial charge in [-0.3, -0.25) is 14.9 Å². The van der Waals surface area contributed by atoms with E-state index in [0.29, 0.717) is 6.42 Å². The summed E-state index contributed by atoms with van der Waals surface area (Å²) in [5.74, 6) is 26.6. The van der Waals surface area contributed by atoms with Gasteiger partial charge in [-0.1, -0.05) is 51.4 Å². The van der Waals surface area contributed by atoms with Crippen LogP contribution < -0.4 is 74.2 Å². The molecule has 0 heterocycles. The molecule has 0 spiro atoms. The van der Waals surface area contributed by atoms with Gasteiger partial charge in [0.2, 0.25) is 5.91 Å². The minimum atomic E-state index is -5.14. The maximum absolute atomic E-state index is 11.7. The topological polar surface area (TPSA) is 157 Å². The van der Waals surface area contributed by atoms with Crippen molar-refractivity contribution in [1.82, 2.24) is 5.32 Å². The van der Waals surface area contributed by atoms with Gasteiger partial charge in [-0.2, -0.15) is 0 Å². The van der Waals surface area contributed by atoms with Crippen molar-refractivity contribution < 1.29 is 118 Å². The molecule has 1 amide bonds. The molecule has 0 saturated heterocycles. The molecule has 10 nitrogen and oxygen atoms in total. The number of ether oxygens (including phenoxy) is 2. The van der Waals surface area contributed by atoms with Gasteiger partial charge in [0.1, 0.15) is 12.9 Å². The maximum Gasteiger partial charge on any atom is 1.00 e. The van der Waals surface area contributed by atoms with Crippen LogP contribution in [0.4, 0.5) is 0 Å². The van der Waals surface area contributed by atoms with Crippen LogP contribution in [0.15, 0.2) is 0 Å². The number of nitrogens with one attached hydrogen (secondary N) is 1. The van der Waals surface area contributed by atoms with Gasteiger partial charge in [0, 0.05) is 64.7 Å². The molecular formula is C29H56NNa2O9P. The molecule has 0 aliphatic carbocycles. The zero-order chi connectivity index (χ0) is 30.3. The van der Waals surface area contributed by atoms with E-state index in [9.17, 15) is 23.9 Å². The molecule has 0 saturated carbocycles. The van der Waals surface area contributed by atoms with Crippen LogP contribution in [-0.2, 0) is 28.2 Å². The molecule has 0 aromatic carbocycles. The average molecular weight is 640 g/mol. The molecule has 0 aromatic heterocycles.